The minimum Gasteiger partial charge on any atom is -0.385 e. The molecular formula is C17H26O2. The summed E-state index contributed by atoms with van der Waals surface area (Å²) in [7, 11) is 0. The van der Waals surface area contributed by atoms with E-state index in [0.29, 0.717) is 17.8 Å². The molecule has 4 atom stereocenters. The van der Waals surface area contributed by atoms with Crippen molar-refractivity contribution in [2.24, 2.45) is 22.7 Å². The summed E-state index contributed by atoms with van der Waals surface area (Å²) < 4.78 is 0. The summed E-state index contributed by atoms with van der Waals surface area (Å²) in [6.45, 7) is 7.24. The first-order valence-electron chi connectivity index (χ1n) is 7.77. The van der Waals surface area contributed by atoms with Gasteiger partial charge >= 0.3 is 0 Å². The van der Waals surface area contributed by atoms with E-state index in [0.717, 1.165) is 12.3 Å². The van der Waals surface area contributed by atoms with E-state index in [2.05, 4.69) is 20.8 Å². The molecule has 0 aromatic carbocycles. The van der Waals surface area contributed by atoms with Crippen molar-refractivity contribution < 1.29 is 9.90 Å². The molecule has 0 aromatic heterocycles. The Hall–Kier alpha value is -0.630. The van der Waals surface area contributed by atoms with Crippen LogP contribution in [0.25, 0.3) is 0 Å². The van der Waals surface area contributed by atoms with E-state index >= 15 is 0 Å². The molecule has 0 spiro atoms. The first kappa shape index (κ1) is 13.4. The fourth-order valence-corrected chi connectivity index (χ4v) is 5.42. The normalized spacial score (nSPS) is 45.2. The van der Waals surface area contributed by atoms with Gasteiger partial charge in [-0.25, -0.2) is 0 Å². The Morgan fingerprint density at radius 3 is 2.74 bits per heavy atom. The van der Waals surface area contributed by atoms with Crippen molar-refractivity contribution in [1.29, 1.82) is 0 Å². The summed E-state index contributed by atoms with van der Waals surface area (Å²) in [6.07, 6.45) is 7.81. The molecule has 0 aromatic rings. The van der Waals surface area contributed by atoms with E-state index in [-0.39, 0.29) is 11.2 Å². The molecule has 0 amide bonds. The molecule has 3 rings (SSSR count). The molecule has 2 heteroatoms. The Morgan fingerprint density at radius 1 is 1.26 bits per heavy atom. The number of hydrogen-bond acceptors (Lipinski definition) is 2. The van der Waals surface area contributed by atoms with Gasteiger partial charge in [0.2, 0.25) is 0 Å². The zero-order valence-electron chi connectivity index (χ0n) is 12.4. The van der Waals surface area contributed by atoms with Gasteiger partial charge in [0.1, 0.15) is 6.10 Å². The van der Waals surface area contributed by atoms with E-state index in [1.807, 2.05) is 0 Å². The smallest absolute Gasteiger partial charge is 0.184 e. The maximum atomic E-state index is 11.7. The van der Waals surface area contributed by atoms with E-state index in [4.69, 9.17) is 0 Å². The number of aliphatic hydroxyl groups excluding tert-OH is 1. The van der Waals surface area contributed by atoms with Gasteiger partial charge in [-0.15, -0.1) is 0 Å². The van der Waals surface area contributed by atoms with Crippen LogP contribution in [0.2, 0.25) is 0 Å². The molecule has 0 unspecified atom stereocenters. The van der Waals surface area contributed by atoms with Crippen LogP contribution in [0.1, 0.15) is 59.3 Å². The zero-order chi connectivity index (χ0) is 13.8. The average molecular weight is 262 g/mol. The summed E-state index contributed by atoms with van der Waals surface area (Å²) in [5, 5.41) is 9.96. The van der Waals surface area contributed by atoms with Gasteiger partial charge in [0.15, 0.2) is 5.78 Å². The number of fused-ring (bicyclic) bond motifs is 3. The van der Waals surface area contributed by atoms with Crippen molar-refractivity contribution in [1.82, 2.24) is 0 Å². The van der Waals surface area contributed by atoms with E-state index < -0.39 is 6.10 Å². The van der Waals surface area contributed by atoms with Gasteiger partial charge in [0, 0.05) is 0 Å². The molecule has 0 heterocycles. The highest BCUT2D eigenvalue weighted by Gasteiger charge is 2.54. The second-order valence-electron chi connectivity index (χ2n) is 7.86. The number of carbonyl (C=O) groups excluding carboxylic acids is 1. The number of carbonyl (C=O) groups is 1. The van der Waals surface area contributed by atoms with Crippen LogP contribution >= 0.6 is 0 Å². The standard InChI is InChI=1S/C17H26O2/c1-16(2)7-4-8-17(3)12-10-14(19)13(18)9-11(12)5-6-15(16)17/h9,12,14-15,19H,4-8,10H2,1-3H3/t12-,14-,15-,17+/m0/s1. The molecule has 2 fully saturated rings. The van der Waals surface area contributed by atoms with E-state index in [1.165, 1.54) is 31.3 Å². The van der Waals surface area contributed by atoms with E-state index in [9.17, 15) is 9.90 Å². The van der Waals surface area contributed by atoms with Crippen molar-refractivity contribution in [2.45, 2.75) is 65.4 Å². The average Bonchev–Trinajstić information content (AvgIpc) is 2.30. The van der Waals surface area contributed by atoms with Crippen LogP contribution in [0.15, 0.2) is 11.6 Å². The maximum absolute atomic E-state index is 11.7. The third kappa shape index (κ3) is 1.91. The second kappa shape index (κ2) is 4.18. The van der Waals surface area contributed by atoms with Crippen molar-refractivity contribution in [3.8, 4) is 0 Å². The van der Waals surface area contributed by atoms with Crippen molar-refractivity contribution in [2.75, 3.05) is 0 Å². The fourth-order valence-electron chi connectivity index (χ4n) is 5.42. The van der Waals surface area contributed by atoms with Gasteiger partial charge in [-0.05, 0) is 60.8 Å². The third-order valence-electron chi connectivity index (χ3n) is 6.36. The molecule has 1 N–H and O–H groups in total. The first-order valence-corrected chi connectivity index (χ1v) is 7.77. The predicted molar refractivity (Wildman–Crippen MR) is 75.7 cm³/mol. The van der Waals surface area contributed by atoms with Crippen molar-refractivity contribution in [3.63, 3.8) is 0 Å². The predicted octanol–water partition coefficient (Wildman–Crippen LogP) is 3.49. The molecule has 0 bridgehead atoms. The second-order valence-corrected chi connectivity index (χ2v) is 7.86. The molecule has 0 aliphatic heterocycles. The Bertz CT molecular complexity index is 435. The highest BCUT2D eigenvalue weighted by atomic mass is 16.3. The number of hydrogen-bond donors (Lipinski definition) is 1. The number of rotatable bonds is 0. The fraction of sp³-hybridized carbons (Fsp3) is 0.824. The van der Waals surface area contributed by atoms with E-state index in [1.54, 1.807) is 6.08 Å². The molecule has 106 valence electrons. The lowest BCUT2D eigenvalue weighted by Crippen LogP contribution is -2.51. The van der Waals surface area contributed by atoms with Crippen LogP contribution in [0.4, 0.5) is 0 Å². The lowest BCUT2D eigenvalue weighted by molar-refractivity contribution is -0.127. The molecular weight excluding hydrogens is 236 g/mol. The molecule has 0 saturated heterocycles. The third-order valence-corrected chi connectivity index (χ3v) is 6.36. The van der Waals surface area contributed by atoms with Crippen LogP contribution in [0.5, 0.6) is 0 Å². The topological polar surface area (TPSA) is 37.3 Å². The van der Waals surface area contributed by atoms with Crippen LogP contribution in [0, 0.1) is 22.7 Å². The Labute approximate surface area is 116 Å². The summed E-state index contributed by atoms with van der Waals surface area (Å²) in [6, 6.07) is 0. The number of aliphatic hydroxyl groups is 1. The van der Waals surface area contributed by atoms with Crippen molar-refractivity contribution >= 4 is 5.78 Å². The Kier molecular flexibility index (Phi) is 2.94. The number of allylic oxidation sites excluding steroid dienone is 1. The summed E-state index contributed by atoms with van der Waals surface area (Å²) >= 11 is 0. The molecule has 0 radical (unpaired) electrons. The zero-order valence-corrected chi connectivity index (χ0v) is 12.4. The van der Waals surface area contributed by atoms with Crippen molar-refractivity contribution in [3.05, 3.63) is 11.6 Å². The largest absolute Gasteiger partial charge is 0.385 e. The quantitative estimate of drug-likeness (QED) is 0.725. The Balaban J connectivity index is 1.99. The Morgan fingerprint density at radius 2 is 2.00 bits per heavy atom. The molecule has 2 saturated carbocycles. The monoisotopic (exact) mass is 262 g/mol. The summed E-state index contributed by atoms with van der Waals surface area (Å²) in [4.78, 5) is 11.7. The van der Waals surface area contributed by atoms with Gasteiger partial charge < -0.3 is 5.11 Å². The van der Waals surface area contributed by atoms with Crippen LogP contribution < -0.4 is 0 Å². The lowest BCUT2D eigenvalue weighted by atomic mass is 9.46. The van der Waals surface area contributed by atoms with Gasteiger partial charge in [-0.3, -0.25) is 4.79 Å². The van der Waals surface area contributed by atoms with Crippen LogP contribution in [-0.2, 0) is 4.79 Å². The molecule has 2 nitrogen and oxygen atoms in total. The minimum absolute atomic E-state index is 0.0663. The maximum Gasteiger partial charge on any atom is 0.184 e. The van der Waals surface area contributed by atoms with Gasteiger partial charge in [-0.1, -0.05) is 32.8 Å². The number of ketones is 1. The van der Waals surface area contributed by atoms with Gasteiger partial charge in [-0.2, -0.15) is 0 Å². The molecule has 19 heavy (non-hydrogen) atoms. The molecule has 3 aliphatic carbocycles. The summed E-state index contributed by atoms with van der Waals surface area (Å²) in [5.41, 5.74) is 2.02. The van der Waals surface area contributed by atoms with Gasteiger partial charge in [0.05, 0.1) is 0 Å². The van der Waals surface area contributed by atoms with Crippen LogP contribution in [0.3, 0.4) is 0 Å². The molecule has 3 aliphatic rings. The van der Waals surface area contributed by atoms with Gasteiger partial charge in [0.25, 0.3) is 0 Å². The summed E-state index contributed by atoms with van der Waals surface area (Å²) in [5.74, 6) is 1.10. The minimum atomic E-state index is -0.755. The highest BCUT2D eigenvalue weighted by Crippen LogP contribution is 2.62. The lowest BCUT2D eigenvalue weighted by Gasteiger charge is -2.59. The SMILES string of the molecule is CC1(C)CCC[C@]2(C)[C@H]3C[C@H](O)C(=O)C=C3CC[C@@H]12. The van der Waals surface area contributed by atoms with Crippen LogP contribution in [-0.4, -0.2) is 17.0 Å². The first-order chi connectivity index (χ1) is 8.84. The highest BCUT2D eigenvalue weighted by molar-refractivity contribution is 5.95.